The quantitative estimate of drug-likeness (QED) is 0.799. The predicted octanol–water partition coefficient (Wildman–Crippen LogP) is 0.831. The molecule has 4 nitrogen and oxygen atoms in total. The third kappa shape index (κ3) is 3.06. The normalized spacial score (nSPS) is 18.2. The molecule has 2 heterocycles. The molecule has 1 aliphatic rings. The molecule has 2 rings (SSSR count). The topological polar surface area (TPSA) is 37.6 Å². The Bertz CT molecular complexity index is 293. The summed E-state index contributed by atoms with van der Waals surface area (Å²) in [6.45, 7) is 5.37. The second kappa shape index (κ2) is 5.30. The van der Waals surface area contributed by atoms with Crippen LogP contribution in [0.1, 0.15) is 11.5 Å². The van der Waals surface area contributed by atoms with Gasteiger partial charge in [-0.25, -0.2) is 0 Å². The minimum absolute atomic E-state index is 0.795. The van der Waals surface area contributed by atoms with Gasteiger partial charge < -0.3 is 14.5 Å². The van der Waals surface area contributed by atoms with E-state index in [1.165, 1.54) is 0 Å². The van der Waals surface area contributed by atoms with E-state index in [-0.39, 0.29) is 0 Å². The van der Waals surface area contributed by atoms with E-state index in [2.05, 4.69) is 16.3 Å². The van der Waals surface area contributed by atoms with Crippen molar-refractivity contribution in [1.82, 2.24) is 10.2 Å². The van der Waals surface area contributed by atoms with Crippen LogP contribution in [0.2, 0.25) is 0 Å². The van der Waals surface area contributed by atoms with Crippen molar-refractivity contribution in [2.24, 2.45) is 0 Å². The molecule has 0 aromatic carbocycles. The van der Waals surface area contributed by atoms with E-state index in [1.807, 2.05) is 13.1 Å². The summed E-state index contributed by atoms with van der Waals surface area (Å²) in [6, 6.07) is 4.09. The molecule has 1 N–H and O–H groups in total. The lowest BCUT2D eigenvalue weighted by Gasteiger charge is -2.25. The summed E-state index contributed by atoms with van der Waals surface area (Å²) >= 11 is 0. The Hall–Kier alpha value is -0.840. The Morgan fingerprint density at radius 2 is 2.00 bits per heavy atom. The van der Waals surface area contributed by atoms with E-state index >= 15 is 0 Å². The molecule has 0 unspecified atom stereocenters. The molecule has 15 heavy (non-hydrogen) atoms. The van der Waals surface area contributed by atoms with Gasteiger partial charge in [-0.15, -0.1) is 0 Å². The maximum atomic E-state index is 5.68. The fraction of sp³-hybridized carbons (Fsp3) is 0.636. The SMILES string of the molecule is CNCc1ccc(CN2CCOCC2)o1. The van der Waals surface area contributed by atoms with Crippen molar-refractivity contribution in [3.8, 4) is 0 Å². The number of nitrogens with zero attached hydrogens (tertiary/aromatic N) is 1. The summed E-state index contributed by atoms with van der Waals surface area (Å²) in [6.07, 6.45) is 0. The molecule has 1 saturated heterocycles. The zero-order valence-corrected chi connectivity index (χ0v) is 9.16. The second-order valence-electron chi connectivity index (χ2n) is 3.79. The highest BCUT2D eigenvalue weighted by Crippen LogP contribution is 2.11. The Labute approximate surface area is 90.2 Å². The van der Waals surface area contributed by atoms with Crippen LogP contribution in [0.25, 0.3) is 0 Å². The zero-order chi connectivity index (χ0) is 10.5. The minimum atomic E-state index is 0.795. The lowest BCUT2D eigenvalue weighted by molar-refractivity contribution is 0.0312. The van der Waals surface area contributed by atoms with Gasteiger partial charge in [0.15, 0.2) is 0 Å². The van der Waals surface area contributed by atoms with E-state index in [0.29, 0.717) is 0 Å². The number of hydrogen-bond donors (Lipinski definition) is 1. The van der Waals surface area contributed by atoms with Crippen molar-refractivity contribution in [2.45, 2.75) is 13.1 Å². The third-order valence-corrected chi connectivity index (χ3v) is 2.55. The Balaban J connectivity index is 1.86. The van der Waals surface area contributed by atoms with Crippen LogP contribution in [0, 0.1) is 0 Å². The predicted molar refractivity (Wildman–Crippen MR) is 57.6 cm³/mol. The highest BCUT2D eigenvalue weighted by atomic mass is 16.5. The van der Waals surface area contributed by atoms with Crippen LogP contribution in [0.5, 0.6) is 0 Å². The fourth-order valence-electron chi connectivity index (χ4n) is 1.76. The number of ether oxygens (including phenoxy) is 1. The van der Waals surface area contributed by atoms with Crippen molar-refractivity contribution in [1.29, 1.82) is 0 Å². The van der Waals surface area contributed by atoms with Gasteiger partial charge in [-0.1, -0.05) is 0 Å². The molecule has 0 saturated carbocycles. The zero-order valence-electron chi connectivity index (χ0n) is 9.16. The molecule has 1 aromatic heterocycles. The number of hydrogen-bond acceptors (Lipinski definition) is 4. The van der Waals surface area contributed by atoms with Crippen LogP contribution < -0.4 is 5.32 Å². The first-order valence-corrected chi connectivity index (χ1v) is 5.41. The highest BCUT2D eigenvalue weighted by Gasteiger charge is 2.12. The molecule has 1 aliphatic heterocycles. The maximum Gasteiger partial charge on any atom is 0.118 e. The lowest BCUT2D eigenvalue weighted by atomic mass is 10.3. The van der Waals surface area contributed by atoms with Gasteiger partial charge in [-0.3, -0.25) is 4.90 Å². The van der Waals surface area contributed by atoms with Gasteiger partial charge in [-0.05, 0) is 19.2 Å². The van der Waals surface area contributed by atoms with Gasteiger partial charge in [-0.2, -0.15) is 0 Å². The molecule has 0 amide bonds. The van der Waals surface area contributed by atoms with E-state index < -0.39 is 0 Å². The molecule has 84 valence electrons. The first-order chi connectivity index (χ1) is 7.38. The summed E-state index contributed by atoms with van der Waals surface area (Å²) in [4.78, 5) is 2.35. The number of furan rings is 1. The van der Waals surface area contributed by atoms with Crippen molar-refractivity contribution in [2.75, 3.05) is 33.4 Å². The van der Waals surface area contributed by atoms with E-state index in [4.69, 9.17) is 9.15 Å². The van der Waals surface area contributed by atoms with Gasteiger partial charge in [0, 0.05) is 13.1 Å². The molecule has 0 radical (unpaired) electrons. The Morgan fingerprint density at radius 1 is 1.27 bits per heavy atom. The van der Waals surface area contributed by atoms with Crippen LogP contribution in [-0.2, 0) is 17.8 Å². The average molecular weight is 210 g/mol. The molecular weight excluding hydrogens is 192 g/mol. The van der Waals surface area contributed by atoms with Gasteiger partial charge in [0.1, 0.15) is 11.5 Å². The van der Waals surface area contributed by atoms with Crippen molar-refractivity contribution in [3.05, 3.63) is 23.7 Å². The van der Waals surface area contributed by atoms with Crippen LogP contribution >= 0.6 is 0 Å². The lowest BCUT2D eigenvalue weighted by Crippen LogP contribution is -2.35. The van der Waals surface area contributed by atoms with E-state index in [9.17, 15) is 0 Å². The molecule has 0 atom stereocenters. The smallest absolute Gasteiger partial charge is 0.118 e. The van der Waals surface area contributed by atoms with Gasteiger partial charge in [0.25, 0.3) is 0 Å². The van der Waals surface area contributed by atoms with Crippen molar-refractivity contribution >= 4 is 0 Å². The van der Waals surface area contributed by atoms with Crippen LogP contribution in [0.3, 0.4) is 0 Å². The fourth-order valence-corrected chi connectivity index (χ4v) is 1.76. The number of morpholine rings is 1. The molecule has 0 spiro atoms. The molecule has 0 bridgehead atoms. The van der Waals surface area contributed by atoms with Crippen LogP contribution in [0.4, 0.5) is 0 Å². The Kier molecular flexibility index (Phi) is 3.77. The standard InChI is InChI=1S/C11H18N2O2/c1-12-8-10-2-3-11(15-10)9-13-4-6-14-7-5-13/h2-3,12H,4-9H2,1H3. The summed E-state index contributed by atoms with van der Waals surface area (Å²) in [5.74, 6) is 2.04. The first kappa shape index (κ1) is 10.7. The van der Waals surface area contributed by atoms with Crippen LogP contribution in [-0.4, -0.2) is 38.3 Å². The number of rotatable bonds is 4. The average Bonchev–Trinajstić information content (AvgIpc) is 2.68. The van der Waals surface area contributed by atoms with Crippen LogP contribution in [0.15, 0.2) is 16.5 Å². The van der Waals surface area contributed by atoms with Crippen molar-refractivity contribution in [3.63, 3.8) is 0 Å². The van der Waals surface area contributed by atoms with Gasteiger partial charge >= 0.3 is 0 Å². The summed E-state index contributed by atoms with van der Waals surface area (Å²) in [7, 11) is 1.92. The van der Waals surface area contributed by atoms with E-state index in [1.54, 1.807) is 0 Å². The monoisotopic (exact) mass is 210 g/mol. The molecule has 1 aromatic rings. The second-order valence-corrected chi connectivity index (χ2v) is 3.79. The summed E-state index contributed by atoms with van der Waals surface area (Å²) in [5, 5.41) is 3.07. The summed E-state index contributed by atoms with van der Waals surface area (Å²) in [5.41, 5.74) is 0. The van der Waals surface area contributed by atoms with E-state index in [0.717, 1.165) is 50.9 Å². The van der Waals surface area contributed by atoms with Crippen molar-refractivity contribution < 1.29 is 9.15 Å². The number of nitrogens with one attached hydrogen (secondary N) is 1. The minimum Gasteiger partial charge on any atom is -0.463 e. The largest absolute Gasteiger partial charge is 0.463 e. The Morgan fingerprint density at radius 3 is 2.73 bits per heavy atom. The molecule has 4 heteroatoms. The highest BCUT2D eigenvalue weighted by molar-refractivity contribution is 5.07. The van der Waals surface area contributed by atoms with Gasteiger partial charge in [0.2, 0.25) is 0 Å². The summed E-state index contributed by atoms with van der Waals surface area (Å²) < 4.78 is 11.0. The van der Waals surface area contributed by atoms with Gasteiger partial charge in [0.05, 0.1) is 26.3 Å². The third-order valence-electron chi connectivity index (χ3n) is 2.55. The first-order valence-electron chi connectivity index (χ1n) is 5.41. The molecular formula is C11H18N2O2. The molecule has 0 aliphatic carbocycles. The molecule has 1 fully saturated rings. The maximum absolute atomic E-state index is 5.68.